The Balaban J connectivity index is 2.02. The van der Waals surface area contributed by atoms with E-state index < -0.39 is 6.03 Å². The number of hydrogen-bond acceptors (Lipinski definition) is 3. The number of ether oxygens (including phenoxy) is 2. The minimum atomic E-state index is -0.506. The zero-order valence-electron chi connectivity index (χ0n) is 9.03. The monoisotopic (exact) mass is 222 g/mol. The number of fused-ring (bicyclic) bond motifs is 1. The van der Waals surface area contributed by atoms with Gasteiger partial charge in [0.1, 0.15) is 0 Å². The Kier molecular flexibility index (Phi) is 2.85. The maximum absolute atomic E-state index is 10.7. The van der Waals surface area contributed by atoms with E-state index in [0.717, 1.165) is 17.1 Å². The highest BCUT2D eigenvalue weighted by atomic mass is 16.7. The van der Waals surface area contributed by atoms with E-state index in [2.05, 4.69) is 5.32 Å². The molecule has 1 aliphatic rings. The molecule has 1 atom stereocenters. The van der Waals surface area contributed by atoms with Crippen molar-refractivity contribution < 1.29 is 14.3 Å². The van der Waals surface area contributed by atoms with Gasteiger partial charge in [-0.15, -0.1) is 0 Å². The van der Waals surface area contributed by atoms with Crippen LogP contribution in [0.2, 0.25) is 0 Å². The minimum Gasteiger partial charge on any atom is -0.454 e. The molecule has 1 aromatic carbocycles. The van der Waals surface area contributed by atoms with Crippen LogP contribution in [0.1, 0.15) is 12.5 Å². The molecule has 0 saturated heterocycles. The quantitative estimate of drug-likeness (QED) is 0.801. The molecular formula is C11H14N2O3. The molecule has 5 nitrogen and oxygen atoms in total. The van der Waals surface area contributed by atoms with Gasteiger partial charge in [-0.3, -0.25) is 0 Å². The van der Waals surface area contributed by atoms with Crippen molar-refractivity contribution in [2.24, 2.45) is 5.73 Å². The molecule has 0 aliphatic carbocycles. The summed E-state index contributed by atoms with van der Waals surface area (Å²) in [5.74, 6) is 1.52. The van der Waals surface area contributed by atoms with Gasteiger partial charge in [-0.25, -0.2) is 4.79 Å². The Labute approximate surface area is 93.5 Å². The fourth-order valence-corrected chi connectivity index (χ4v) is 1.72. The number of nitrogens with one attached hydrogen (secondary N) is 1. The summed E-state index contributed by atoms with van der Waals surface area (Å²) in [6.45, 7) is 2.17. The molecule has 1 heterocycles. The van der Waals surface area contributed by atoms with Crippen molar-refractivity contribution in [3.8, 4) is 11.5 Å². The number of nitrogens with two attached hydrogens (primary N) is 1. The van der Waals surface area contributed by atoms with Crippen LogP contribution in [-0.4, -0.2) is 18.9 Å². The van der Waals surface area contributed by atoms with Crippen molar-refractivity contribution in [3.05, 3.63) is 23.8 Å². The molecule has 0 bridgehead atoms. The molecule has 5 heteroatoms. The summed E-state index contributed by atoms with van der Waals surface area (Å²) in [5, 5.41) is 2.63. The van der Waals surface area contributed by atoms with Crippen molar-refractivity contribution in [2.45, 2.75) is 19.4 Å². The van der Waals surface area contributed by atoms with Crippen LogP contribution < -0.4 is 20.5 Å². The Morgan fingerprint density at radius 2 is 2.25 bits per heavy atom. The average Bonchev–Trinajstić information content (AvgIpc) is 2.63. The van der Waals surface area contributed by atoms with Crippen molar-refractivity contribution in [3.63, 3.8) is 0 Å². The first kappa shape index (κ1) is 10.6. The lowest BCUT2D eigenvalue weighted by molar-refractivity contribution is 0.174. The topological polar surface area (TPSA) is 73.6 Å². The van der Waals surface area contributed by atoms with E-state index in [0.29, 0.717) is 6.42 Å². The summed E-state index contributed by atoms with van der Waals surface area (Å²) in [7, 11) is 0. The fraction of sp³-hybridized carbons (Fsp3) is 0.364. The van der Waals surface area contributed by atoms with Crippen LogP contribution in [0.3, 0.4) is 0 Å². The van der Waals surface area contributed by atoms with Crippen LogP contribution in [0.25, 0.3) is 0 Å². The lowest BCUT2D eigenvalue weighted by Gasteiger charge is -2.12. The molecule has 2 amide bonds. The molecule has 0 saturated carbocycles. The first-order valence-electron chi connectivity index (χ1n) is 5.09. The third-order valence-corrected chi connectivity index (χ3v) is 2.37. The van der Waals surface area contributed by atoms with Crippen LogP contribution in [0.4, 0.5) is 4.79 Å². The van der Waals surface area contributed by atoms with E-state index in [9.17, 15) is 4.79 Å². The van der Waals surface area contributed by atoms with E-state index >= 15 is 0 Å². The highest BCUT2D eigenvalue weighted by molar-refractivity contribution is 5.71. The normalized spacial score (nSPS) is 14.6. The maximum atomic E-state index is 10.7. The lowest BCUT2D eigenvalue weighted by Crippen LogP contribution is -2.37. The number of hydrogen-bond donors (Lipinski definition) is 2. The maximum Gasteiger partial charge on any atom is 0.312 e. The molecule has 1 aliphatic heterocycles. The summed E-state index contributed by atoms with van der Waals surface area (Å²) in [5.41, 5.74) is 6.12. The van der Waals surface area contributed by atoms with Gasteiger partial charge in [0.05, 0.1) is 0 Å². The number of carbonyl (C=O) groups excluding carboxylic acids is 1. The summed E-state index contributed by atoms with van der Waals surface area (Å²) < 4.78 is 10.5. The third kappa shape index (κ3) is 2.36. The largest absolute Gasteiger partial charge is 0.454 e. The standard InChI is InChI=1S/C11H14N2O3/c1-7(13-11(12)14)4-8-2-3-9-10(5-8)16-6-15-9/h2-3,5,7H,4,6H2,1H3,(H3,12,13,14). The predicted molar refractivity (Wildman–Crippen MR) is 58.5 cm³/mol. The molecular weight excluding hydrogens is 208 g/mol. The zero-order chi connectivity index (χ0) is 11.5. The van der Waals surface area contributed by atoms with Gasteiger partial charge in [0.2, 0.25) is 6.79 Å². The van der Waals surface area contributed by atoms with Crippen molar-refractivity contribution in [2.75, 3.05) is 6.79 Å². The van der Waals surface area contributed by atoms with Crippen molar-refractivity contribution in [1.29, 1.82) is 0 Å². The number of urea groups is 1. The molecule has 1 unspecified atom stereocenters. The second-order valence-corrected chi connectivity index (χ2v) is 3.80. The van der Waals surface area contributed by atoms with E-state index in [4.69, 9.17) is 15.2 Å². The minimum absolute atomic E-state index is 0.00197. The SMILES string of the molecule is CC(Cc1ccc2c(c1)OCO2)NC(N)=O. The molecule has 0 aromatic heterocycles. The molecule has 86 valence electrons. The van der Waals surface area contributed by atoms with E-state index in [1.165, 1.54) is 0 Å². The van der Waals surface area contributed by atoms with Gasteiger partial charge in [0.15, 0.2) is 11.5 Å². The molecule has 0 fully saturated rings. The summed E-state index contributed by atoms with van der Waals surface area (Å²) >= 11 is 0. The number of primary amides is 1. The Morgan fingerprint density at radius 3 is 3.00 bits per heavy atom. The van der Waals surface area contributed by atoms with E-state index in [-0.39, 0.29) is 12.8 Å². The first-order chi connectivity index (χ1) is 7.65. The van der Waals surface area contributed by atoms with Gasteiger partial charge in [-0.2, -0.15) is 0 Å². The van der Waals surface area contributed by atoms with Gasteiger partial charge in [-0.1, -0.05) is 6.07 Å². The molecule has 0 radical (unpaired) electrons. The highest BCUT2D eigenvalue weighted by Gasteiger charge is 2.14. The Morgan fingerprint density at radius 1 is 1.50 bits per heavy atom. The molecule has 1 aromatic rings. The van der Waals surface area contributed by atoms with Gasteiger partial charge in [0.25, 0.3) is 0 Å². The Bertz CT molecular complexity index is 406. The van der Waals surface area contributed by atoms with Crippen molar-refractivity contribution >= 4 is 6.03 Å². The lowest BCUT2D eigenvalue weighted by atomic mass is 10.1. The number of amides is 2. The molecule has 0 spiro atoms. The van der Waals surface area contributed by atoms with Gasteiger partial charge >= 0.3 is 6.03 Å². The van der Waals surface area contributed by atoms with Gasteiger partial charge < -0.3 is 20.5 Å². The zero-order valence-corrected chi connectivity index (χ0v) is 9.03. The second kappa shape index (κ2) is 4.30. The van der Waals surface area contributed by atoms with Crippen molar-refractivity contribution in [1.82, 2.24) is 5.32 Å². The average molecular weight is 222 g/mol. The first-order valence-corrected chi connectivity index (χ1v) is 5.09. The van der Waals surface area contributed by atoms with Crippen LogP contribution in [0, 0.1) is 0 Å². The van der Waals surface area contributed by atoms with Crippen LogP contribution >= 0.6 is 0 Å². The molecule has 3 N–H and O–H groups in total. The summed E-state index contributed by atoms with van der Waals surface area (Å²) in [6.07, 6.45) is 0.708. The number of benzene rings is 1. The van der Waals surface area contributed by atoms with Crippen LogP contribution in [-0.2, 0) is 6.42 Å². The fourth-order valence-electron chi connectivity index (χ4n) is 1.72. The highest BCUT2D eigenvalue weighted by Crippen LogP contribution is 2.32. The van der Waals surface area contributed by atoms with Crippen LogP contribution in [0.15, 0.2) is 18.2 Å². The smallest absolute Gasteiger partial charge is 0.312 e. The number of rotatable bonds is 3. The van der Waals surface area contributed by atoms with Gasteiger partial charge in [-0.05, 0) is 31.0 Å². The number of carbonyl (C=O) groups is 1. The molecule has 2 rings (SSSR count). The molecule has 16 heavy (non-hydrogen) atoms. The van der Waals surface area contributed by atoms with Gasteiger partial charge in [0, 0.05) is 6.04 Å². The summed E-state index contributed by atoms with van der Waals surface area (Å²) in [6, 6.07) is 5.23. The van der Waals surface area contributed by atoms with E-state index in [1.54, 1.807) is 0 Å². The second-order valence-electron chi connectivity index (χ2n) is 3.80. The third-order valence-electron chi connectivity index (χ3n) is 2.37. The van der Waals surface area contributed by atoms with E-state index in [1.807, 2.05) is 25.1 Å². The summed E-state index contributed by atoms with van der Waals surface area (Å²) in [4.78, 5) is 10.7. The predicted octanol–water partition coefficient (Wildman–Crippen LogP) is 1.01. The Hall–Kier alpha value is -1.91. The van der Waals surface area contributed by atoms with Crippen LogP contribution in [0.5, 0.6) is 11.5 Å².